The second-order valence-corrected chi connectivity index (χ2v) is 9.70. The summed E-state index contributed by atoms with van der Waals surface area (Å²) in [5.41, 5.74) is -0.0481. The van der Waals surface area contributed by atoms with Gasteiger partial charge in [-0.1, -0.05) is 23.7 Å². The van der Waals surface area contributed by atoms with E-state index in [0.29, 0.717) is 56.6 Å². The van der Waals surface area contributed by atoms with E-state index in [1.165, 1.54) is 9.80 Å². The monoisotopic (exact) mass is 517 g/mol. The summed E-state index contributed by atoms with van der Waals surface area (Å²) in [4.78, 5) is 28.5. The molecule has 1 N–H and O–H groups in total. The summed E-state index contributed by atoms with van der Waals surface area (Å²) < 4.78 is 17.2. The Bertz CT molecular complexity index is 1030. The molecule has 194 valence electrons. The van der Waals surface area contributed by atoms with Gasteiger partial charge in [-0.05, 0) is 48.4 Å². The van der Waals surface area contributed by atoms with Gasteiger partial charge in [0.05, 0.1) is 19.8 Å². The predicted octanol–water partition coefficient (Wildman–Crippen LogP) is 2.65. The fraction of sp³-hybridized carbons (Fsp3) is 0.462. The van der Waals surface area contributed by atoms with Crippen LogP contribution in [0.4, 0.5) is 4.79 Å². The molecule has 2 aromatic rings. The van der Waals surface area contributed by atoms with Crippen molar-refractivity contribution in [2.75, 3.05) is 59.7 Å². The first-order chi connectivity index (χ1) is 17.3. The lowest BCUT2D eigenvalue weighted by atomic mass is 10.1. The maximum atomic E-state index is 11.9. The van der Waals surface area contributed by atoms with Gasteiger partial charge in [0.25, 0.3) is 0 Å². The molecule has 2 aromatic carbocycles. The highest BCUT2D eigenvalue weighted by Crippen LogP contribution is 2.21. The van der Waals surface area contributed by atoms with Crippen molar-refractivity contribution in [3.63, 3.8) is 0 Å². The summed E-state index contributed by atoms with van der Waals surface area (Å²) in [5, 5.41) is 11.7. The lowest BCUT2D eigenvalue weighted by Gasteiger charge is -2.30. The SMILES string of the molecule is CN1CC(=O)N(CCCOc2ccc(CN3CCOC[C@@](O)(COc4ccc(Cl)cc4)C3)cc2)C1=O. The summed E-state index contributed by atoms with van der Waals surface area (Å²) in [6.45, 7) is 3.51. The molecule has 10 heteroatoms. The van der Waals surface area contributed by atoms with E-state index < -0.39 is 5.60 Å². The number of hydrogen-bond donors (Lipinski definition) is 1. The van der Waals surface area contributed by atoms with E-state index in [2.05, 4.69) is 4.90 Å². The van der Waals surface area contributed by atoms with Crippen LogP contribution in [0.25, 0.3) is 0 Å². The molecule has 0 saturated carbocycles. The predicted molar refractivity (Wildman–Crippen MR) is 134 cm³/mol. The second-order valence-electron chi connectivity index (χ2n) is 9.26. The molecule has 36 heavy (non-hydrogen) atoms. The number of carbonyl (C=O) groups is 2. The molecule has 2 saturated heterocycles. The molecule has 0 bridgehead atoms. The third-order valence-corrected chi connectivity index (χ3v) is 6.37. The Hall–Kier alpha value is -2.85. The number of rotatable bonds is 10. The van der Waals surface area contributed by atoms with Crippen molar-refractivity contribution in [2.24, 2.45) is 0 Å². The Morgan fingerprint density at radius 3 is 2.44 bits per heavy atom. The van der Waals surface area contributed by atoms with Gasteiger partial charge in [0, 0.05) is 38.2 Å². The molecule has 0 radical (unpaired) electrons. The number of nitrogens with zero attached hydrogens (tertiary/aromatic N) is 3. The number of benzene rings is 2. The first-order valence-corrected chi connectivity index (χ1v) is 12.4. The van der Waals surface area contributed by atoms with Crippen molar-refractivity contribution >= 4 is 23.5 Å². The quantitative estimate of drug-likeness (QED) is 0.382. The molecule has 2 fully saturated rings. The Kier molecular flexibility index (Phi) is 8.68. The number of imide groups is 1. The lowest BCUT2D eigenvalue weighted by Crippen LogP contribution is -2.48. The van der Waals surface area contributed by atoms with E-state index in [1.807, 2.05) is 24.3 Å². The molecular weight excluding hydrogens is 486 g/mol. The zero-order valence-electron chi connectivity index (χ0n) is 20.4. The van der Waals surface area contributed by atoms with Crippen LogP contribution in [-0.4, -0.2) is 97.0 Å². The smallest absolute Gasteiger partial charge is 0.326 e. The summed E-state index contributed by atoms with van der Waals surface area (Å²) >= 11 is 5.92. The normalized spacial score (nSPS) is 21.1. The molecule has 1 atom stereocenters. The number of halogens is 1. The number of urea groups is 1. The van der Waals surface area contributed by atoms with E-state index >= 15 is 0 Å². The van der Waals surface area contributed by atoms with E-state index in [-0.39, 0.29) is 31.7 Å². The minimum Gasteiger partial charge on any atom is -0.494 e. The van der Waals surface area contributed by atoms with Crippen LogP contribution in [0.5, 0.6) is 11.5 Å². The second kappa shape index (κ2) is 11.9. The topological polar surface area (TPSA) is 91.8 Å². The van der Waals surface area contributed by atoms with Crippen molar-refractivity contribution in [1.29, 1.82) is 0 Å². The third-order valence-electron chi connectivity index (χ3n) is 6.12. The van der Waals surface area contributed by atoms with Gasteiger partial charge in [0.2, 0.25) is 5.91 Å². The molecule has 0 spiro atoms. The molecule has 9 nitrogen and oxygen atoms in total. The van der Waals surface area contributed by atoms with Crippen molar-refractivity contribution in [3.8, 4) is 11.5 Å². The van der Waals surface area contributed by atoms with Crippen molar-refractivity contribution < 1.29 is 28.9 Å². The summed E-state index contributed by atoms with van der Waals surface area (Å²) in [6.07, 6.45) is 0.567. The Balaban J connectivity index is 1.23. The van der Waals surface area contributed by atoms with Crippen LogP contribution in [-0.2, 0) is 16.1 Å². The van der Waals surface area contributed by atoms with Crippen LogP contribution in [0.3, 0.4) is 0 Å². The molecule has 0 aromatic heterocycles. The summed E-state index contributed by atoms with van der Waals surface area (Å²) in [5.74, 6) is 1.20. The van der Waals surface area contributed by atoms with Gasteiger partial charge >= 0.3 is 6.03 Å². The van der Waals surface area contributed by atoms with Crippen LogP contribution in [0.1, 0.15) is 12.0 Å². The Morgan fingerprint density at radius 1 is 1.06 bits per heavy atom. The molecule has 2 aliphatic rings. The minimum absolute atomic E-state index is 0.114. The average molecular weight is 518 g/mol. The lowest BCUT2D eigenvalue weighted by molar-refractivity contribution is -0.125. The highest BCUT2D eigenvalue weighted by atomic mass is 35.5. The molecule has 0 unspecified atom stereocenters. The number of amides is 3. The molecule has 2 aliphatic heterocycles. The first-order valence-electron chi connectivity index (χ1n) is 12.0. The van der Waals surface area contributed by atoms with E-state index in [1.54, 1.807) is 31.3 Å². The van der Waals surface area contributed by atoms with Crippen molar-refractivity contribution in [1.82, 2.24) is 14.7 Å². The number of carbonyl (C=O) groups excluding carboxylic acids is 2. The summed E-state index contributed by atoms with van der Waals surface area (Å²) in [6, 6.07) is 14.6. The Labute approximate surface area is 216 Å². The number of aliphatic hydroxyl groups is 1. The molecule has 0 aliphatic carbocycles. The van der Waals surface area contributed by atoms with E-state index in [9.17, 15) is 14.7 Å². The standard InChI is InChI=1S/C26H32ClN3O6/c1-28-16-24(31)30(25(28)32)11-2-13-35-22-7-3-20(4-8-22)15-29-12-14-34-18-26(33,17-29)19-36-23-9-5-21(27)6-10-23/h3-10,33H,2,11-19H2,1H3/t26-/m1/s1. The first kappa shape index (κ1) is 26.2. The average Bonchev–Trinajstić information content (AvgIpc) is 2.99. The summed E-state index contributed by atoms with van der Waals surface area (Å²) in [7, 11) is 1.62. The maximum Gasteiger partial charge on any atom is 0.326 e. The maximum absolute atomic E-state index is 11.9. The van der Waals surface area contributed by atoms with Gasteiger partial charge in [0.1, 0.15) is 30.3 Å². The Morgan fingerprint density at radius 2 is 1.75 bits per heavy atom. The molecule has 2 heterocycles. The number of ether oxygens (including phenoxy) is 3. The third kappa shape index (κ3) is 7.10. The van der Waals surface area contributed by atoms with Gasteiger partial charge in [-0.15, -0.1) is 0 Å². The largest absolute Gasteiger partial charge is 0.494 e. The van der Waals surface area contributed by atoms with Crippen LogP contribution in [0.15, 0.2) is 48.5 Å². The van der Waals surface area contributed by atoms with Gasteiger partial charge in [0.15, 0.2) is 0 Å². The number of likely N-dealkylation sites (N-methyl/N-ethyl adjacent to an activating group) is 1. The van der Waals surface area contributed by atoms with Crippen molar-refractivity contribution in [3.05, 3.63) is 59.1 Å². The molecule has 4 rings (SSSR count). The molecule has 3 amide bonds. The van der Waals surface area contributed by atoms with Crippen molar-refractivity contribution in [2.45, 2.75) is 18.6 Å². The fourth-order valence-electron chi connectivity index (χ4n) is 4.22. The van der Waals surface area contributed by atoms with Gasteiger partial charge in [-0.25, -0.2) is 4.79 Å². The van der Waals surface area contributed by atoms with Crippen LogP contribution in [0, 0.1) is 0 Å². The van der Waals surface area contributed by atoms with Crippen LogP contribution < -0.4 is 9.47 Å². The zero-order chi connectivity index (χ0) is 25.5. The van der Waals surface area contributed by atoms with Crippen LogP contribution >= 0.6 is 11.6 Å². The molecular formula is C26H32ClN3O6. The van der Waals surface area contributed by atoms with Gasteiger partial charge < -0.3 is 24.2 Å². The van der Waals surface area contributed by atoms with Gasteiger partial charge in [-0.3, -0.25) is 14.6 Å². The number of hydrogen-bond acceptors (Lipinski definition) is 7. The van der Waals surface area contributed by atoms with E-state index in [4.69, 9.17) is 25.8 Å². The van der Waals surface area contributed by atoms with Gasteiger partial charge in [-0.2, -0.15) is 0 Å². The van der Waals surface area contributed by atoms with E-state index in [0.717, 1.165) is 11.3 Å². The highest BCUT2D eigenvalue weighted by Gasteiger charge is 2.34. The van der Waals surface area contributed by atoms with Crippen LogP contribution in [0.2, 0.25) is 5.02 Å². The number of β-amino-alcohol motifs (C(OH)–C–C–N with tert-alkyl or cyclic N) is 1. The minimum atomic E-state index is -1.13. The zero-order valence-corrected chi connectivity index (χ0v) is 21.2. The fourth-order valence-corrected chi connectivity index (χ4v) is 4.34. The highest BCUT2D eigenvalue weighted by molar-refractivity contribution is 6.30.